The normalized spacial score (nSPS) is 25.1. The first-order chi connectivity index (χ1) is 12.5. The lowest BCUT2D eigenvalue weighted by Crippen LogP contribution is -2.52. The number of carbonyl (C=O) groups excluding carboxylic acids is 1. The van der Waals surface area contributed by atoms with Crippen LogP contribution in [0, 0.1) is 0 Å². The average Bonchev–Trinajstić information content (AvgIpc) is 3.06. The van der Waals surface area contributed by atoms with E-state index in [0.717, 1.165) is 57.8 Å². The summed E-state index contributed by atoms with van der Waals surface area (Å²) >= 11 is 1.98. The molecule has 0 aromatic carbocycles. The zero-order valence-corrected chi connectivity index (χ0v) is 19.9. The molecule has 7 nitrogen and oxygen atoms in total. The summed E-state index contributed by atoms with van der Waals surface area (Å²) in [7, 11) is 3.50. The Morgan fingerprint density at radius 2 is 2.26 bits per heavy atom. The minimum absolute atomic E-state index is 0. The van der Waals surface area contributed by atoms with Gasteiger partial charge in [0, 0.05) is 52.3 Å². The van der Waals surface area contributed by atoms with Crippen LogP contribution in [-0.2, 0) is 14.3 Å². The Morgan fingerprint density at radius 3 is 2.93 bits per heavy atom. The summed E-state index contributed by atoms with van der Waals surface area (Å²) in [6.07, 6.45) is 4.00. The van der Waals surface area contributed by atoms with Crippen LogP contribution in [0.3, 0.4) is 0 Å². The van der Waals surface area contributed by atoms with Gasteiger partial charge >= 0.3 is 0 Å². The highest BCUT2D eigenvalue weighted by molar-refractivity contribution is 14.0. The van der Waals surface area contributed by atoms with Crippen LogP contribution in [0.5, 0.6) is 0 Å². The van der Waals surface area contributed by atoms with E-state index < -0.39 is 0 Å². The Kier molecular flexibility index (Phi) is 12.0. The second-order valence-electron chi connectivity index (χ2n) is 7.10. The van der Waals surface area contributed by atoms with E-state index in [9.17, 15) is 4.79 Å². The number of aliphatic imine (C=N–C) groups is 1. The summed E-state index contributed by atoms with van der Waals surface area (Å²) in [6.45, 7) is 5.16. The third kappa shape index (κ3) is 8.74. The molecule has 2 unspecified atom stereocenters. The molecule has 0 aromatic heterocycles. The van der Waals surface area contributed by atoms with Gasteiger partial charge in [0.1, 0.15) is 6.54 Å². The molecule has 158 valence electrons. The molecule has 0 saturated carbocycles. The predicted molar refractivity (Wildman–Crippen MR) is 122 cm³/mol. The Balaban J connectivity index is 0.00000364. The molecular weight excluding hydrogens is 479 g/mol. The average molecular weight is 514 g/mol. The van der Waals surface area contributed by atoms with Crippen molar-refractivity contribution in [1.82, 2.24) is 15.5 Å². The molecule has 0 aromatic rings. The van der Waals surface area contributed by atoms with Crippen LogP contribution >= 0.6 is 35.7 Å². The summed E-state index contributed by atoms with van der Waals surface area (Å²) in [5, 5.41) is 6.87. The second kappa shape index (κ2) is 13.1. The van der Waals surface area contributed by atoms with E-state index in [1.54, 1.807) is 19.0 Å². The molecular formula is C18H35IN4O3S. The van der Waals surface area contributed by atoms with E-state index in [1.165, 1.54) is 5.75 Å². The molecule has 0 bridgehead atoms. The number of nitrogens with one attached hydrogen (secondary N) is 2. The fraction of sp³-hybridized carbons (Fsp3) is 0.889. The number of ether oxygens (including phenoxy) is 2. The Bertz CT molecular complexity index is 474. The number of hydrogen-bond donors (Lipinski definition) is 2. The summed E-state index contributed by atoms with van der Waals surface area (Å²) in [5.41, 5.74) is 0.0279. The van der Waals surface area contributed by atoms with Gasteiger partial charge in [-0.05, 0) is 38.4 Å². The molecule has 2 aliphatic rings. The van der Waals surface area contributed by atoms with E-state index in [1.807, 2.05) is 18.7 Å². The number of thioether (sulfide) groups is 1. The lowest BCUT2D eigenvalue weighted by atomic mass is 9.90. The van der Waals surface area contributed by atoms with E-state index in [2.05, 4.69) is 15.6 Å². The van der Waals surface area contributed by atoms with Crippen LogP contribution in [0.15, 0.2) is 4.99 Å². The number of hydrogen-bond acceptors (Lipinski definition) is 5. The summed E-state index contributed by atoms with van der Waals surface area (Å²) in [5.74, 6) is 2.97. The molecule has 9 heteroatoms. The van der Waals surface area contributed by atoms with Crippen molar-refractivity contribution in [2.24, 2.45) is 4.99 Å². The number of rotatable bonds is 8. The molecule has 1 amide bonds. The molecule has 2 atom stereocenters. The molecule has 2 heterocycles. The van der Waals surface area contributed by atoms with Crippen LogP contribution in [0.25, 0.3) is 0 Å². The van der Waals surface area contributed by atoms with Gasteiger partial charge in [-0.15, -0.1) is 24.0 Å². The van der Waals surface area contributed by atoms with Gasteiger partial charge in [0.15, 0.2) is 5.96 Å². The summed E-state index contributed by atoms with van der Waals surface area (Å²) in [4.78, 5) is 17.9. The fourth-order valence-electron chi connectivity index (χ4n) is 3.17. The van der Waals surface area contributed by atoms with Crippen molar-refractivity contribution in [2.45, 2.75) is 44.2 Å². The van der Waals surface area contributed by atoms with Crippen molar-refractivity contribution in [3.05, 3.63) is 0 Å². The lowest BCUT2D eigenvalue weighted by molar-refractivity contribution is -0.127. The zero-order chi connectivity index (χ0) is 18.8. The number of halogens is 1. The predicted octanol–water partition coefficient (Wildman–Crippen LogP) is 1.71. The van der Waals surface area contributed by atoms with Gasteiger partial charge in [-0.3, -0.25) is 4.79 Å². The highest BCUT2D eigenvalue weighted by atomic mass is 127. The molecule has 2 saturated heterocycles. The maximum absolute atomic E-state index is 11.9. The Labute approximate surface area is 184 Å². The molecule has 0 aliphatic carbocycles. The quantitative estimate of drug-likeness (QED) is 0.223. The van der Waals surface area contributed by atoms with Gasteiger partial charge < -0.3 is 25.0 Å². The monoisotopic (exact) mass is 514 g/mol. The number of nitrogens with zero attached hydrogens (tertiary/aromatic N) is 2. The molecule has 27 heavy (non-hydrogen) atoms. The van der Waals surface area contributed by atoms with E-state index in [-0.39, 0.29) is 42.0 Å². The summed E-state index contributed by atoms with van der Waals surface area (Å²) in [6, 6.07) is 0.329. The molecule has 2 fully saturated rings. The van der Waals surface area contributed by atoms with Crippen molar-refractivity contribution in [3.63, 3.8) is 0 Å². The van der Waals surface area contributed by atoms with Gasteiger partial charge in [-0.25, -0.2) is 4.99 Å². The Morgan fingerprint density at radius 1 is 1.44 bits per heavy atom. The molecule has 0 radical (unpaired) electrons. The van der Waals surface area contributed by atoms with Gasteiger partial charge in [0.05, 0.1) is 5.60 Å². The van der Waals surface area contributed by atoms with Gasteiger partial charge in [-0.1, -0.05) is 0 Å². The van der Waals surface area contributed by atoms with E-state index in [0.29, 0.717) is 12.0 Å². The van der Waals surface area contributed by atoms with Crippen molar-refractivity contribution in [1.29, 1.82) is 0 Å². The highest BCUT2D eigenvalue weighted by Gasteiger charge is 2.40. The van der Waals surface area contributed by atoms with Crippen LogP contribution in [0.4, 0.5) is 0 Å². The van der Waals surface area contributed by atoms with Gasteiger partial charge in [0.2, 0.25) is 5.91 Å². The van der Waals surface area contributed by atoms with Crippen LogP contribution in [0.1, 0.15) is 32.6 Å². The van der Waals surface area contributed by atoms with Crippen molar-refractivity contribution >= 4 is 47.6 Å². The second-order valence-corrected chi connectivity index (χ2v) is 8.20. The largest absolute Gasteiger partial charge is 0.382 e. The van der Waals surface area contributed by atoms with Crippen molar-refractivity contribution < 1.29 is 14.3 Å². The molecule has 1 spiro atoms. The summed E-state index contributed by atoms with van der Waals surface area (Å²) < 4.78 is 11.5. The number of guanidine groups is 1. The molecule has 2 N–H and O–H groups in total. The molecule has 2 aliphatic heterocycles. The van der Waals surface area contributed by atoms with Gasteiger partial charge in [0.25, 0.3) is 0 Å². The van der Waals surface area contributed by atoms with Crippen LogP contribution in [0.2, 0.25) is 0 Å². The number of likely N-dealkylation sites (N-methyl/N-ethyl adjacent to an activating group) is 1. The van der Waals surface area contributed by atoms with Crippen LogP contribution < -0.4 is 10.6 Å². The number of amides is 1. The first kappa shape index (κ1) is 24.8. The van der Waals surface area contributed by atoms with Gasteiger partial charge in [-0.2, -0.15) is 11.8 Å². The lowest BCUT2D eigenvalue weighted by Gasteiger charge is -2.38. The first-order valence-corrected chi connectivity index (χ1v) is 10.7. The first-order valence-electron chi connectivity index (χ1n) is 9.59. The van der Waals surface area contributed by atoms with E-state index >= 15 is 0 Å². The minimum Gasteiger partial charge on any atom is -0.382 e. The zero-order valence-electron chi connectivity index (χ0n) is 16.8. The number of carbonyl (C=O) groups is 1. The molecule has 2 rings (SSSR count). The Hall–Kier alpha value is -0.260. The third-order valence-electron chi connectivity index (χ3n) is 4.73. The van der Waals surface area contributed by atoms with Crippen molar-refractivity contribution in [3.8, 4) is 0 Å². The maximum atomic E-state index is 11.9. The van der Waals surface area contributed by atoms with Crippen molar-refractivity contribution in [2.75, 3.05) is 58.5 Å². The topological polar surface area (TPSA) is 75.2 Å². The third-order valence-corrected chi connectivity index (χ3v) is 5.96. The fourth-order valence-corrected chi connectivity index (χ4v) is 4.55. The standard InChI is InChI=1S/C18H34N4O3S.HI/c1-4-24-9-5-8-19-17(20-13-16(23)22(2)3)21-15-6-10-25-18(12-15)7-11-26-14-18;/h15H,4-14H2,1-3H3,(H2,19,20,21);1H. The highest BCUT2D eigenvalue weighted by Crippen LogP contribution is 2.38. The maximum Gasteiger partial charge on any atom is 0.243 e. The smallest absolute Gasteiger partial charge is 0.243 e. The SMILES string of the molecule is CCOCCCNC(=NCC(=O)N(C)C)NC1CCOC2(CCSC2)C1.I. The van der Waals surface area contributed by atoms with E-state index in [4.69, 9.17) is 9.47 Å². The van der Waals surface area contributed by atoms with Crippen LogP contribution in [-0.4, -0.2) is 86.9 Å². The minimum atomic E-state index is -0.00365.